The van der Waals surface area contributed by atoms with Gasteiger partial charge in [0.2, 0.25) is 5.88 Å². The van der Waals surface area contributed by atoms with Crippen molar-refractivity contribution in [3.8, 4) is 11.6 Å². The molecule has 0 bridgehead atoms. The highest BCUT2D eigenvalue weighted by atomic mass is 32.2. The molecule has 4 aromatic rings. The lowest BCUT2D eigenvalue weighted by Gasteiger charge is -2.14. The molecule has 0 radical (unpaired) electrons. The first-order valence-corrected chi connectivity index (χ1v) is 12.3. The Hall–Kier alpha value is -3.82. The number of rotatable bonds is 5. The minimum Gasteiger partial charge on any atom is -0.438 e. The average Bonchev–Trinajstić information content (AvgIpc) is 3.12. The van der Waals surface area contributed by atoms with E-state index in [1.165, 1.54) is 27.5 Å². The quantitative estimate of drug-likeness (QED) is 0.252. The van der Waals surface area contributed by atoms with Crippen molar-refractivity contribution in [2.75, 3.05) is 0 Å². The highest BCUT2D eigenvalue weighted by molar-refractivity contribution is 8.26. The zero-order chi connectivity index (χ0) is 25.4. The molecule has 3 heterocycles. The first-order chi connectivity index (χ1) is 17.3. The highest BCUT2D eigenvalue weighted by Crippen LogP contribution is 2.35. The molecule has 1 aliphatic rings. The number of para-hydroxylation sites is 1. The number of nitrogens with zero attached hydrogens (tertiary/aromatic N) is 3. The van der Waals surface area contributed by atoms with Gasteiger partial charge in [-0.1, -0.05) is 60.4 Å². The molecule has 0 aliphatic carbocycles. The molecule has 6 nitrogen and oxygen atoms in total. The van der Waals surface area contributed by atoms with E-state index < -0.39 is 0 Å². The van der Waals surface area contributed by atoms with Gasteiger partial charge in [0.1, 0.15) is 27.1 Å². The number of aromatic nitrogens is 2. The van der Waals surface area contributed by atoms with Crippen molar-refractivity contribution in [2.45, 2.75) is 20.4 Å². The number of pyridine rings is 1. The van der Waals surface area contributed by atoms with Crippen LogP contribution in [0, 0.1) is 19.7 Å². The third-order valence-corrected chi connectivity index (χ3v) is 7.13. The molecule has 9 heteroatoms. The van der Waals surface area contributed by atoms with E-state index in [1.807, 2.05) is 38.1 Å². The maximum Gasteiger partial charge on any atom is 0.269 e. The molecule has 1 aliphatic heterocycles. The molecule has 1 amide bonds. The van der Waals surface area contributed by atoms with Crippen LogP contribution in [0.1, 0.15) is 22.3 Å². The molecule has 0 spiro atoms. The molecular formula is C27H20FN3O3S2. The van der Waals surface area contributed by atoms with Gasteiger partial charge in [0.15, 0.2) is 0 Å². The number of hydrogen-bond donors (Lipinski definition) is 0. The number of carbonyl (C=O) groups excluding carboxylic acids is 1. The Morgan fingerprint density at radius 3 is 2.50 bits per heavy atom. The molecule has 1 fully saturated rings. The van der Waals surface area contributed by atoms with Gasteiger partial charge in [-0.15, -0.1) is 0 Å². The summed E-state index contributed by atoms with van der Waals surface area (Å²) in [6.45, 7) is 3.96. The summed E-state index contributed by atoms with van der Waals surface area (Å²) in [5.41, 5.74) is 2.66. The largest absolute Gasteiger partial charge is 0.438 e. The van der Waals surface area contributed by atoms with Crippen molar-refractivity contribution >= 4 is 45.9 Å². The molecule has 1 saturated heterocycles. The number of hydrogen-bond acceptors (Lipinski definition) is 6. The lowest BCUT2D eigenvalue weighted by molar-refractivity contribution is -0.122. The van der Waals surface area contributed by atoms with Gasteiger partial charge in [-0.3, -0.25) is 18.9 Å². The predicted molar refractivity (Wildman–Crippen MR) is 143 cm³/mol. The molecule has 36 heavy (non-hydrogen) atoms. The van der Waals surface area contributed by atoms with Crippen LogP contribution in [-0.2, 0) is 11.3 Å². The minimum absolute atomic E-state index is 0.104. The second kappa shape index (κ2) is 9.67. The van der Waals surface area contributed by atoms with E-state index in [0.717, 1.165) is 28.5 Å². The number of carbonyl (C=O) groups is 1. The number of thiocarbonyl (C=S) groups is 1. The Kier molecular flexibility index (Phi) is 6.42. The van der Waals surface area contributed by atoms with E-state index >= 15 is 0 Å². The van der Waals surface area contributed by atoms with Gasteiger partial charge < -0.3 is 4.74 Å². The fraction of sp³-hybridized carbons (Fsp3) is 0.111. The molecular weight excluding hydrogens is 497 g/mol. The Balaban J connectivity index is 1.58. The molecule has 0 N–H and O–H groups in total. The van der Waals surface area contributed by atoms with Gasteiger partial charge >= 0.3 is 0 Å². The molecule has 2 aromatic carbocycles. The van der Waals surface area contributed by atoms with Gasteiger partial charge in [-0.2, -0.15) is 4.98 Å². The zero-order valence-corrected chi connectivity index (χ0v) is 21.0. The summed E-state index contributed by atoms with van der Waals surface area (Å²) in [7, 11) is 0. The minimum atomic E-state index is -0.365. The SMILES string of the molecule is Cc1ccccc1Oc1nc2c(C)cccn2c(=O)c1/C=C1/SC(=S)N(Cc2ccc(F)cc2)C1=O. The van der Waals surface area contributed by atoms with Crippen molar-refractivity contribution < 1.29 is 13.9 Å². The molecule has 0 saturated carbocycles. The van der Waals surface area contributed by atoms with Gasteiger partial charge in [0.05, 0.1) is 11.4 Å². The third-order valence-electron chi connectivity index (χ3n) is 5.75. The van der Waals surface area contributed by atoms with Crippen LogP contribution in [0.4, 0.5) is 4.39 Å². The van der Waals surface area contributed by atoms with Gasteiger partial charge in [0, 0.05) is 6.20 Å². The fourth-order valence-corrected chi connectivity index (χ4v) is 5.05. The summed E-state index contributed by atoms with van der Waals surface area (Å²) in [6.07, 6.45) is 3.12. The summed E-state index contributed by atoms with van der Waals surface area (Å²) in [5.74, 6) is -0.0390. The van der Waals surface area contributed by atoms with Crippen molar-refractivity contribution in [1.29, 1.82) is 0 Å². The van der Waals surface area contributed by atoms with E-state index in [0.29, 0.717) is 15.7 Å². The zero-order valence-electron chi connectivity index (χ0n) is 19.4. The Bertz CT molecular complexity index is 1610. The van der Waals surface area contributed by atoms with E-state index in [-0.39, 0.29) is 40.2 Å². The van der Waals surface area contributed by atoms with Crippen molar-refractivity contribution in [3.05, 3.63) is 110 Å². The Morgan fingerprint density at radius 1 is 1.03 bits per heavy atom. The number of benzene rings is 2. The number of amides is 1. The Labute approximate surface area is 216 Å². The topological polar surface area (TPSA) is 63.9 Å². The molecule has 0 atom stereocenters. The van der Waals surface area contributed by atoms with Crippen LogP contribution in [0.3, 0.4) is 0 Å². The fourth-order valence-electron chi connectivity index (χ4n) is 3.81. The standard InChI is InChI=1S/C27H20FN3O3S2/c1-16-6-3-4-8-21(16)34-24-20(25(32)30-13-5-7-17(2)23(30)29-24)14-22-26(33)31(27(35)36-22)15-18-9-11-19(28)12-10-18/h3-14H,15H2,1-2H3/b22-14+. The maximum absolute atomic E-state index is 13.6. The molecule has 2 aromatic heterocycles. The van der Waals surface area contributed by atoms with Gasteiger partial charge in [0.25, 0.3) is 11.5 Å². The monoisotopic (exact) mass is 517 g/mol. The van der Waals surface area contributed by atoms with Gasteiger partial charge in [-0.05, 0) is 60.9 Å². The summed E-state index contributed by atoms with van der Waals surface area (Å²) < 4.78 is 21.2. The lowest BCUT2D eigenvalue weighted by Crippen LogP contribution is -2.27. The van der Waals surface area contributed by atoms with Crippen molar-refractivity contribution in [1.82, 2.24) is 14.3 Å². The van der Waals surface area contributed by atoms with Crippen LogP contribution >= 0.6 is 24.0 Å². The van der Waals surface area contributed by atoms with Crippen LogP contribution in [0.25, 0.3) is 11.7 Å². The van der Waals surface area contributed by atoms with Crippen LogP contribution in [0.15, 0.2) is 76.6 Å². The van der Waals surface area contributed by atoms with Crippen LogP contribution in [-0.4, -0.2) is 24.5 Å². The average molecular weight is 518 g/mol. The van der Waals surface area contributed by atoms with E-state index in [2.05, 4.69) is 4.98 Å². The number of thioether (sulfide) groups is 1. The number of halogens is 1. The number of aryl methyl sites for hydroxylation is 2. The summed E-state index contributed by atoms with van der Waals surface area (Å²) in [5, 5.41) is 0. The van der Waals surface area contributed by atoms with Crippen LogP contribution in [0.2, 0.25) is 0 Å². The van der Waals surface area contributed by atoms with Crippen LogP contribution < -0.4 is 10.3 Å². The van der Waals surface area contributed by atoms with E-state index in [4.69, 9.17) is 17.0 Å². The lowest BCUT2D eigenvalue weighted by atomic mass is 10.2. The molecule has 180 valence electrons. The first-order valence-electron chi connectivity index (χ1n) is 11.1. The molecule has 5 rings (SSSR count). The summed E-state index contributed by atoms with van der Waals surface area (Å²) in [4.78, 5) is 33.2. The highest BCUT2D eigenvalue weighted by Gasteiger charge is 2.33. The molecule has 0 unspecified atom stereocenters. The predicted octanol–water partition coefficient (Wildman–Crippen LogP) is 5.64. The number of fused-ring (bicyclic) bond motifs is 1. The van der Waals surface area contributed by atoms with E-state index in [9.17, 15) is 14.0 Å². The second-order valence-corrected chi connectivity index (χ2v) is 9.96. The van der Waals surface area contributed by atoms with E-state index in [1.54, 1.807) is 30.5 Å². The van der Waals surface area contributed by atoms with Crippen molar-refractivity contribution in [2.24, 2.45) is 0 Å². The Morgan fingerprint density at radius 2 is 1.75 bits per heavy atom. The van der Waals surface area contributed by atoms with Crippen LogP contribution in [0.5, 0.6) is 11.6 Å². The maximum atomic E-state index is 13.6. The second-order valence-electron chi connectivity index (χ2n) is 8.28. The third kappa shape index (κ3) is 4.55. The van der Waals surface area contributed by atoms with Crippen molar-refractivity contribution in [3.63, 3.8) is 0 Å². The number of ether oxygens (including phenoxy) is 1. The first kappa shape index (κ1) is 23.9. The smallest absolute Gasteiger partial charge is 0.269 e. The normalized spacial score (nSPS) is 14.8. The summed E-state index contributed by atoms with van der Waals surface area (Å²) in [6, 6.07) is 16.9. The summed E-state index contributed by atoms with van der Waals surface area (Å²) >= 11 is 6.54. The van der Waals surface area contributed by atoms with Gasteiger partial charge in [-0.25, -0.2) is 4.39 Å².